The summed E-state index contributed by atoms with van der Waals surface area (Å²) in [7, 11) is 0. The largest absolute Gasteiger partial charge is 0.449 e. The molecule has 25 heavy (non-hydrogen) atoms. The minimum Gasteiger partial charge on any atom is -0.449 e. The van der Waals surface area contributed by atoms with Gasteiger partial charge in [-0.25, -0.2) is 9.59 Å². The summed E-state index contributed by atoms with van der Waals surface area (Å²) in [4.78, 5) is 38.4. The Kier molecular flexibility index (Phi) is 5.80. The Labute approximate surface area is 146 Å². The maximum absolute atomic E-state index is 12.2. The van der Waals surface area contributed by atoms with E-state index in [9.17, 15) is 14.4 Å². The second-order valence-electron chi connectivity index (χ2n) is 6.30. The van der Waals surface area contributed by atoms with Crippen LogP contribution in [0.5, 0.6) is 0 Å². The molecular formula is C18H23N3O4. The fourth-order valence-electron chi connectivity index (χ4n) is 2.25. The van der Waals surface area contributed by atoms with Gasteiger partial charge in [0.25, 0.3) is 5.91 Å². The number of aromatic nitrogens is 2. The van der Waals surface area contributed by atoms with E-state index in [1.54, 1.807) is 37.4 Å². The van der Waals surface area contributed by atoms with Crippen molar-refractivity contribution in [2.45, 2.75) is 33.8 Å². The minimum atomic E-state index is -0.875. The van der Waals surface area contributed by atoms with Crippen LogP contribution in [0.2, 0.25) is 0 Å². The van der Waals surface area contributed by atoms with Gasteiger partial charge in [0.2, 0.25) is 0 Å². The summed E-state index contributed by atoms with van der Waals surface area (Å²) in [5.41, 5.74) is 1.47. The SMILES string of the molecule is Cc1c[nH]c(=O)n1-c1ccc(C(=O)OC(C)C(=O)NCC(C)C)cc1. The van der Waals surface area contributed by atoms with Gasteiger partial charge in [0.05, 0.1) is 11.3 Å². The Hall–Kier alpha value is -2.83. The molecule has 1 aromatic heterocycles. The molecule has 7 heteroatoms. The van der Waals surface area contributed by atoms with Gasteiger partial charge in [-0.05, 0) is 44.0 Å². The lowest BCUT2D eigenvalue weighted by Crippen LogP contribution is -2.37. The van der Waals surface area contributed by atoms with Gasteiger partial charge in [-0.15, -0.1) is 0 Å². The predicted octanol–water partition coefficient (Wildman–Crippen LogP) is 1.79. The van der Waals surface area contributed by atoms with Crippen LogP contribution in [-0.2, 0) is 9.53 Å². The van der Waals surface area contributed by atoms with Crippen molar-refractivity contribution in [2.75, 3.05) is 6.54 Å². The van der Waals surface area contributed by atoms with Crippen LogP contribution in [0.1, 0.15) is 36.8 Å². The lowest BCUT2D eigenvalue weighted by atomic mass is 10.2. The molecule has 1 amide bonds. The average Bonchev–Trinajstić information content (AvgIpc) is 2.91. The summed E-state index contributed by atoms with van der Waals surface area (Å²) < 4.78 is 6.68. The van der Waals surface area contributed by atoms with Crippen LogP contribution in [0.3, 0.4) is 0 Å². The molecular weight excluding hydrogens is 322 g/mol. The summed E-state index contributed by atoms with van der Waals surface area (Å²) in [6.45, 7) is 7.83. The van der Waals surface area contributed by atoms with E-state index >= 15 is 0 Å². The van der Waals surface area contributed by atoms with E-state index in [4.69, 9.17) is 4.74 Å². The first kappa shape index (κ1) is 18.5. The molecule has 2 N–H and O–H groups in total. The quantitative estimate of drug-likeness (QED) is 0.781. The second kappa shape index (κ2) is 7.83. The van der Waals surface area contributed by atoms with E-state index in [-0.39, 0.29) is 11.6 Å². The molecule has 0 aliphatic heterocycles. The van der Waals surface area contributed by atoms with Crippen LogP contribution in [-0.4, -0.2) is 34.1 Å². The number of benzene rings is 1. The topological polar surface area (TPSA) is 93.2 Å². The monoisotopic (exact) mass is 345 g/mol. The summed E-state index contributed by atoms with van der Waals surface area (Å²) in [6.07, 6.45) is 0.738. The molecule has 0 spiro atoms. The van der Waals surface area contributed by atoms with Gasteiger partial charge in [-0.2, -0.15) is 0 Å². The van der Waals surface area contributed by atoms with E-state index in [0.29, 0.717) is 23.7 Å². The highest BCUT2D eigenvalue weighted by molar-refractivity contribution is 5.92. The first-order valence-corrected chi connectivity index (χ1v) is 8.15. The van der Waals surface area contributed by atoms with E-state index in [1.807, 2.05) is 13.8 Å². The van der Waals surface area contributed by atoms with Crippen LogP contribution in [0.25, 0.3) is 5.69 Å². The van der Waals surface area contributed by atoms with Crippen LogP contribution >= 0.6 is 0 Å². The van der Waals surface area contributed by atoms with Gasteiger partial charge in [0, 0.05) is 18.4 Å². The van der Waals surface area contributed by atoms with E-state index in [0.717, 1.165) is 5.69 Å². The maximum atomic E-state index is 12.2. The number of rotatable bonds is 6. The number of esters is 1. The Balaban J connectivity index is 2.03. The molecule has 1 unspecified atom stereocenters. The van der Waals surface area contributed by atoms with Crippen molar-refractivity contribution in [3.8, 4) is 5.69 Å². The average molecular weight is 345 g/mol. The summed E-state index contributed by atoms with van der Waals surface area (Å²) >= 11 is 0. The first-order chi connectivity index (χ1) is 11.8. The van der Waals surface area contributed by atoms with Crippen molar-refractivity contribution in [1.29, 1.82) is 0 Å². The van der Waals surface area contributed by atoms with Crippen molar-refractivity contribution in [2.24, 2.45) is 5.92 Å². The minimum absolute atomic E-state index is 0.247. The van der Waals surface area contributed by atoms with E-state index < -0.39 is 12.1 Å². The van der Waals surface area contributed by atoms with Crippen molar-refractivity contribution in [3.05, 3.63) is 52.2 Å². The molecule has 2 aromatic rings. The molecule has 1 aromatic carbocycles. The highest BCUT2D eigenvalue weighted by atomic mass is 16.5. The van der Waals surface area contributed by atoms with Crippen LogP contribution < -0.4 is 11.0 Å². The van der Waals surface area contributed by atoms with Crippen molar-refractivity contribution >= 4 is 11.9 Å². The van der Waals surface area contributed by atoms with Gasteiger partial charge in [0.15, 0.2) is 6.10 Å². The van der Waals surface area contributed by atoms with Crippen LogP contribution in [0, 0.1) is 12.8 Å². The highest BCUT2D eigenvalue weighted by Gasteiger charge is 2.19. The molecule has 134 valence electrons. The molecule has 0 bridgehead atoms. The Morgan fingerprint density at radius 1 is 1.20 bits per heavy atom. The molecule has 1 heterocycles. The summed E-state index contributed by atoms with van der Waals surface area (Å²) in [5, 5.41) is 2.72. The number of aryl methyl sites for hydroxylation is 1. The van der Waals surface area contributed by atoms with E-state index in [1.165, 1.54) is 11.5 Å². The summed E-state index contributed by atoms with van der Waals surface area (Å²) in [5.74, 6) is -0.593. The van der Waals surface area contributed by atoms with Crippen molar-refractivity contribution < 1.29 is 14.3 Å². The molecule has 0 saturated carbocycles. The number of nitrogens with one attached hydrogen (secondary N) is 2. The summed E-state index contributed by atoms with van der Waals surface area (Å²) in [6, 6.07) is 6.44. The predicted molar refractivity (Wildman–Crippen MR) is 93.9 cm³/mol. The normalized spacial score (nSPS) is 12.0. The third-order valence-corrected chi connectivity index (χ3v) is 3.66. The Bertz CT molecular complexity index is 802. The lowest BCUT2D eigenvalue weighted by molar-refractivity contribution is -0.129. The smallest absolute Gasteiger partial charge is 0.338 e. The molecule has 7 nitrogen and oxygen atoms in total. The Morgan fingerprint density at radius 3 is 2.36 bits per heavy atom. The number of H-pyrrole nitrogens is 1. The fourth-order valence-corrected chi connectivity index (χ4v) is 2.25. The number of hydrogen-bond acceptors (Lipinski definition) is 4. The standard InChI is InChI=1S/C18H23N3O4/c1-11(2)9-19-16(22)13(4)25-17(23)14-5-7-15(8-6-14)21-12(3)10-20-18(21)24/h5-8,10-11,13H,9H2,1-4H3,(H,19,22)(H,20,24). The number of ether oxygens (including phenoxy) is 1. The number of amides is 1. The molecule has 0 aliphatic rings. The van der Waals surface area contributed by atoms with Crippen molar-refractivity contribution in [3.63, 3.8) is 0 Å². The molecule has 0 aliphatic carbocycles. The molecule has 0 saturated heterocycles. The van der Waals surface area contributed by atoms with Crippen LogP contribution in [0.4, 0.5) is 0 Å². The number of carbonyl (C=O) groups excluding carboxylic acids is 2. The third kappa shape index (κ3) is 4.59. The number of hydrogen-bond donors (Lipinski definition) is 2. The zero-order valence-corrected chi connectivity index (χ0v) is 14.8. The Morgan fingerprint density at radius 2 is 1.84 bits per heavy atom. The maximum Gasteiger partial charge on any atom is 0.338 e. The zero-order chi connectivity index (χ0) is 18.6. The molecule has 1 atom stereocenters. The molecule has 0 radical (unpaired) electrons. The van der Waals surface area contributed by atoms with Gasteiger partial charge in [-0.1, -0.05) is 13.8 Å². The van der Waals surface area contributed by atoms with Crippen molar-refractivity contribution in [1.82, 2.24) is 14.9 Å². The number of carbonyl (C=O) groups is 2. The van der Waals surface area contributed by atoms with Gasteiger partial charge >= 0.3 is 11.7 Å². The number of aromatic amines is 1. The molecule has 0 fully saturated rings. The van der Waals surface area contributed by atoms with Crippen LogP contribution in [0.15, 0.2) is 35.3 Å². The van der Waals surface area contributed by atoms with Gasteiger partial charge < -0.3 is 15.0 Å². The third-order valence-electron chi connectivity index (χ3n) is 3.66. The number of nitrogens with zero attached hydrogens (tertiary/aromatic N) is 1. The van der Waals surface area contributed by atoms with E-state index in [2.05, 4.69) is 10.3 Å². The first-order valence-electron chi connectivity index (χ1n) is 8.15. The highest BCUT2D eigenvalue weighted by Crippen LogP contribution is 2.11. The lowest BCUT2D eigenvalue weighted by Gasteiger charge is -2.14. The number of imidazole rings is 1. The second-order valence-corrected chi connectivity index (χ2v) is 6.30. The van der Waals surface area contributed by atoms with Gasteiger partial charge in [0.1, 0.15) is 0 Å². The van der Waals surface area contributed by atoms with Gasteiger partial charge in [-0.3, -0.25) is 9.36 Å². The zero-order valence-electron chi connectivity index (χ0n) is 14.8. The fraction of sp³-hybridized carbons (Fsp3) is 0.389. The molecule has 2 rings (SSSR count).